The number of halogens is 1. The van der Waals surface area contributed by atoms with E-state index in [9.17, 15) is 14.4 Å². The maximum absolute atomic E-state index is 12.5. The van der Waals surface area contributed by atoms with Crippen molar-refractivity contribution in [2.24, 2.45) is 0 Å². The van der Waals surface area contributed by atoms with Crippen molar-refractivity contribution in [2.75, 3.05) is 25.0 Å². The fourth-order valence-electron chi connectivity index (χ4n) is 3.59. The van der Waals surface area contributed by atoms with Crippen molar-refractivity contribution in [3.05, 3.63) is 64.2 Å². The maximum Gasteiger partial charge on any atom is 0.253 e. The van der Waals surface area contributed by atoms with Crippen molar-refractivity contribution in [2.45, 2.75) is 52.1 Å². The molecular weight excluding hydrogens is 452 g/mol. The summed E-state index contributed by atoms with van der Waals surface area (Å²) < 4.78 is 0. The van der Waals surface area contributed by atoms with Crippen LogP contribution in [-0.4, -0.2) is 47.8 Å². The summed E-state index contributed by atoms with van der Waals surface area (Å²) in [5.74, 6) is -0.345. The zero-order valence-corrected chi connectivity index (χ0v) is 20.8. The fourth-order valence-corrected chi connectivity index (χ4v) is 3.85. The average molecular weight is 485 g/mol. The number of amides is 3. The van der Waals surface area contributed by atoms with E-state index < -0.39 is 0 Å². The second kappa shape index (κ2) is 11.4. The van der Waals surface area contributed by atoms with Gasteiger partial charge in [-0.15, -0.1) is 0 Å². The third-order valence-electron chi connectivity index (χ3n) is 6.09. The number of anilines is 1. The van der Waals surface area contributed by atoms with Crippen molar-refractivity contribution in [1.82, 2.24) is 15.5 Å². The molecule has 1 aliphatic rings. The predicted molar refractivity (Wildman–Crippen MR) is 135 cm³/mol. The number of nitrogens with one attached hydrogen (secondary N) is 3. The Morgan fingerprint density at radius 2 is 1.71 bits per heavy atom. The number of likely N-dealkylation sites (tertiary alicyclic amines) is 1. The van der Waals surface area contributed by atoms with Crippen LogP contribution in [0.5, 0.6) is 0 Å². The molecule has 7 nitrogen and oxygen atoms in total. The van der Waals surface area contributed by atoms with E-state index in [1.54, 1.807) is 18.2 Å². The lowest BCUT2D eigenvalue weighted by molar-refractivity contribution is -0.119. The molecule has 0 radical (unpaired) electrons. The minimum absolute atomic E-state index is 0.0634. The van der Waals surface area contributed by atoms with Crippen LogP contribution in [0.15, 0.2) is 42.5 Å². The van der Waals surface area contributed by atoms with Gasteiger partial charge in [-0.05, 0) is 69.0 Å². The smallest absolute Gasteiger partial charge is 0.253 e. The highest BCUT2D eigenvalue weighted by molar-refractivity contribution is 6.34. The molecule has 0 aromatic heterocycles. The van der Waals surface area contributed by atoms with Crippen LogP contribution in [0.2, 0.25) is 5.02 Å². The first kappa shape index (κ1) is 25.6. The molecule has 1 aliphatic heterocycles. The first-order valence-corrected chi connectivity index (χ1v) is 12.1. The Balaban J connectivity index is 1.46. The van der Waals surface area contributed by atoms with Crippen LogP contribution in [0.25, 0.3) is 0 Å². The Bertz CT molecular complexity index is 1030. The van der Waals surface area contributed by atoms with Crippen molar-refractivity contribution in [1.29, 1.82) is 0 Å². The topological polar surface area (TPSA) is 90.5 Å². The second-order valence-corrected chi connectivity index (χ2v) is 9.62. The molecule has 8 heteroatoms. The molecule has 3 rings (SSSR count). The van der Waals surface area contributed by atoms with Gasteiger partial charge in [0.25, 0.3) is 11.8 Å². The minimum Gasteiger partial charge on any atom is -0.376 e. The normalized spacial score (nSPS) is 13.5. The van der Waals surface area contributed by atoms with Gasteiger partial charge in [0, 0.05) is 36.4 Å². The molecule has 3 N–H and O–H groups in total. The number of hydrogen-bond acceptors (Lipinski definition) is 4. The standard InChI is InChI=1S/C26H33ClN4O3/c1-4-26(2,3)30-24(33)21-12-11-20(15-22(21)27)28-17-23(32)29-16-18-7-9-19(10-8-18)25(34)31-13-5-6-14-31/h7-12,15,28H,4-6,13-14,16-17H2,1-3H3,(H,29,32)(H,30,33). The van der Waals surface area contributed by atoms with Gasteiger partial charge < -0.3 is 20.9 Å². The van der Waals surface area contributed by atoms with Gasteiger partial charge in [0.15, 0.2) is 0 Å². The third-order valence-corrected chi connectivity index (χ3v) is 6.40. The summed E-state index contributed by atoms with van der Waals surface area (Å²) in [6, 6.07) is 12.3. The summed E-state index contributed by atoms with van der Waals surface area (Å²) in [6.07, 6.45) is 2.92. The second-order valence-electron chi connectivity index (χ2n) is 9.21. The molecule has 34 heavy (non-hydrogen) atoms. The van der Waals surface area contributed by atoms with Crippen molar-refractivity contribution >= 4 is 35.0 Å². The maximum atomic E-state index is 12.5. The Hall–Kier alpha value is -3.06. The summed E-state index contributed by atoms with van der Waals surface area (Å²) in [6.45, 7) is 7.99. The molecule has 0 spiro atoms. The quantitative estimate of drug-likeness (QED) is 0.497. The molecule has 0 unspecified atom stereocenters. The van der Waals surface area contributed by atoms with Crippen LogP contribution in [0.3, 0.4) is 0 Å². The van der Waals surface area contributed by atoms with E-state index in [0.717, 1.165) is 37.9 Å². The van der Waals surface area contributed by atoms with E-state index in [1.165, 1.54) is 0 Å². The number of hydrogen-bond donors (Lipinski definition) is 3. The summed E-state index contributed by atoms with van der Waals surface area (Å²) in [7, 11) is 0. The van der Waals surface area contributed by atoms with E-state index in [-0.39, 0.29) is 29.8 Å². The van der Waals surface area contributed by atoms with Gasteiger partial charge in [0.05, 0.1) is 17.1 Å². The van der Waals surface area contributed by atoms with Gasteiger partial charge in [-0.1, -0.05) is 30.7 Å². The van der Waals surface area contributed by atoms with Crippen molar-refractivity contribution in [3.63, 3.8) is 0 Å². The molecule has 0 saturated carbocycles. The molecule has 1 saturated heterocycles. The largest absolute Gasteiger partial charge is 0.376 e. The number of carbonyl (C=O) groups excluding carboxylic acids is 3. The summed E-state index contributed by atoms with van der Waals surface area (Å²) >= 11 is 6.30. The van der Waals surface area contributed by atoms with Crippen LogP contribution >= 0.6 is 11.6 Å². The lowest BCUT2D eigenvalue weighted by Gasteiger charge is -2.24. The zero-order chi connectivity index (χ0) is 24.7. The molecule has 2 aromatic rings. The monoisotopic (exact) mass is 484 g/mol. The Morgan fingerprint density at radius 1 is 1.03 bits per heavy atom. The highest BCUT2D eigenvalue weighted by Crippen LogP contribution is 2.22. The molecule has 182 valence electrons. The summed E-state index contributed by atoms with van der Waals surface area (Å²) in [5.41, 5.74) is 2.31. The first-order chi connectivity index (χ1) is 16.2. The highest BCUT2D eigenvalue weighted by atomic mass is 35.5. The van der Waals surface area contributed by atoms with Gasteiger partial charge in [0.1, 0.15) is 0 Å². The Morgan fingerprint density at radius 3 is 2.32 bits per heavy atom. The summed E-state index contributed by atoms with van der Waals surface area (Å²) in [5, 5.41) is 9.16. The van der Waals surface area contributed by atoms with Gasteiger partial charge in [-0.2, -0.15) is 0 Å². The van der Waals surface area contributed by atoms with Crippen LogP contribution in [0, 0.1) is 0 Å². The third kappa shape index (κ3) is 6.97. The summed E-state index contributed by atoms with van der Waals surface area (Å²) in [4.78, 5) is 39.0. The van der Waals surface area contributed by atoms with Crippen LogP contribution < -0.4 is 16.0 Å². The average Bonchev–Trinajstić information content (AvgIpc) is 3.36. The lowest BCUT2D eigenvalue weighted by Crippen LogP contribution is -2.42. The molecule has 1 fully saturated rings. The number of carbonyl (C=O) groups is 3. The van der Waals surface area contributed by atoms with Crippen molar-refractivity contribution < 1.29 is 14.4 Å². The van der Waals surface area contributed by atoms with E-state index in [1.807, 2.05) is 49.9 Å². The van der Waals surface area contributed by atoms with Crippen LogP contribution in [0.4, 0.5) is 5.69 Å². The molecule has 2 aromatic carbocycles. The van der Waals surface area contributed by atoms with Crippen molar-refractivity contribution in [3.8, 4) is 0 Å². The highest BCUT2D eigenvalue weighted by Gasteiger charge is 2.21. The van der Waals surface area contributed by atoms with E-state index in [4.69, 9.17) is 11.6 Å². The Kier molecular flexibility index (Phi) is 8.56. The molecule has 0 atom stereocenters. The molecule has 0 aliphatic carbocycles. The van der Waals surface area contributed by atoms with E-state index in [0.29, 0.717) is 28.4 Å². The van der Waals surface area contributed by atoms with Gasteiger partial charge in [0.2, 0.25) is 5.91 Å². The molecule has 1 heterocycles. The minimum atomic E-state index is -0.320. The number of rotatable bonds is 9. The van der Waals surface area contributed by atoms with Crippen LogP contribution in [0.1, 0.15) is 66.3 Å². The number of benzene rings is 2. The van der Waals surface area contributed by atoms with Crippen LogP contribution in [-0.2, 0) is 11.3 Å². The van der Waals surface area contributed by atoms with E-state index in [2.05, 4.69) is 16.0 Å². The molecular formula is C26H33ClN4O3. The first-order valence-electron chi connectivity index (χ1n) is 11.7. The van der Waals surface area contributed by atoms with Gasteiger partial charge in [-0.3, -0.25) is 14.4 Å². The molecule has 3 amide bonds. The number of nitrogens with zero attached hydrogens (tertiary/aromatic N) is 1. The fraction of sp³-hybridized carbons (Fsp3) is 0.423. The zero-order valence-electron chi connectivity index (χ0n) is 20.0. The lowest BCUT2D eigenvalue weighted by atomic mass is 10.0. The molecule has 0 bridgehead atoms. The SMILES string of the molecule is CCC(C)(C)NC(=O)c1ccc(NCC(=O)NCc2ccc(C(=O)N3CCCC3)cc2)cc1Cl. The predicted octanol–water partition coefficient (Wildman–Crippen LogP) is 4.22. The van der Waals surface area contributed by atoms with E-state index >= 15 is 0 Å². The Labute approximate surface area is 206 Å². The van der Waals surface area contributed by atoms with Gasteiger partial charge >= 0.3 is 0 Å². The van der Waals surface area contributed by atoms with Gasteiger partial charge in [-0.25, -0.2) is 0 Å².